The first kappa shape index (κ1) is 15.7. The van der Waals surface area contributed by atoms with Gasteiger partial charge in [-0.2, -0.15) is 0 Å². The summed E-state index contributed by atoms with van der Waals surface area (Å²) in [7, 11) is 0. The molecule has 1 heterocycles. The van der Waals surface area contributed by atoms with Crippen molar-refractivity contribution >= 4 is 17.2 Å². The summed E-state index contributed by atoms with van der Waals surface area (Å²) in [5, 5.41) is 5.80. The molecule has 112 valence electrons. The van der Waals surface area contributed by atoms with E-state index >= 15 is 0 Å². The smallest absolute Gasteiger partial charge is 0.226 e. The molecule has 0 unspecified atom stereocenters. The van der Waals surface area contributed by atoms with Crippen LogP contribution in [-0.4, -0.2) is 16.4 Å². The van der Waals surface area contributed by atoms with Crippen molar-refractivity contribution in [3.8, 4) is 10.6 Å². The van der Waals surface area contributed by atoms with Crippen molar-refractivity contribution in [2.45, 2.75) is 39.3 Å². The molecule has 1 amide bonds. The van der Waals surface area contributed by atoms with Crippen LogP contribution in [0.5, 0.6) is 0 Å². The Labute approximate surface area is 129 Å². The van der Waals surface area contributed by atoms with Crippen LogP contribution in [0.25, 0.3) is 10.6 Å². The highest BCUT2D eigenvalue weighted by Gasteiger charge is 2.15. The van der Waals surface area contributed by atoms with Crippen molar-refractivity contribution in [1.82, 2.24) is 10.3 Å². The van der Waals surface area contributed by atoms with Crippen LogP contribution in [0.15, 0.2) is 29.6 Å². The molecule has 21 heavy (non-hydrogen) atoms. The van der Waals surface area contributed by atoms with Crippen molar-refractivity contribution < 1.29 is 4.79 Å². The number of nitrogens with one attached hydrogen (secondary N) is 1. The van der Waals surface area contributed by atoms with Crippen LogP contribution in [0, 0.1) is 0 Å². The topological polar surface area (TPSA) is 68.0 Å². The fraction of sp³-hybridized carbons (Fsp3) is 0.375. The number of benzene rings is 1. The van der Waals surface area contributed by atoms with Crippen LogP contribution in [0.4, 0.5) is 0 Å². The fourth-order valence-electron chi connectivity index (χ4n) is 1.98. The summed E-state index contributed by atoms with van der Waals surface area (Å²) in [5.41, 5.74) is 8.37. The lowest BCUT2D eigenvalue weighted by Crippen LogP contribution is -2.41. The van der Waals surface area contributed by atoms with Gasteiger partial charge in [-0.3, -0.25) is 4.79 Å². The average Bonchev–Trinajstić information content (AvgIpc) is 2.85. The van der Waals surface area contributed by atoms with Gasteiger partial charge in [0.2, 0.25) is 5.91 Å². The molecule has 0 aliphatic rings. The summed E-state index contributed by atoms with van der Waals surface area (Å²) in [6.45, 7) is 6.42. The van der Waals surface area contributed by atoms with Crippen molar-refractivity contribution in [2.24, 2.45) is 5.73 Å². The van der Waals surface area contributed by atoms with E-state index in [9.17, 15) is 4.79 Å². The molecule has 0 atom stereocenters. The second-order valence-corrected chi connectivity index (χ2v) is 6.88. The van der Waals surface area contributed by atoms with Crippen LogP contribution in [-0.2, 0) is 17.8 Å². The molecule has 0 saturated heterocycles. The van der Waals surface area contributed by atoms with E-state index in [-0.39, 0.29) is 11.4 Å². The SMILES string of the molecule is CC(C)(C)NC(=O)Cc1csc(-c2cccc(CN)c2)n1. The van der Waals surface area contributed by atoms with Gasteiger partial charge in [0.1, 0.15) is 5.01 Å². The lowest BCUT2D eigenvalue weighted by atomic mass is 10.1. The third-order valence-electron chi connectivity index (χ3n) is 2.82. The molecule has 1 aromatic carbocycles. The molecule has 0 spiro atoms. The van der Waals surface area contributed by atoms with Crippen LogP contribution in [0.3, 0.4) is 0 Å². The summed E-state index contributed by atoms with van der Waals surface area (Å²) in [5.74, 6) is -0.00458. The van der Waals surface area contributed by atoms with Crippen molar-refractivity contribution in [2.75, 3.05) is 0 Å². The molecule has 3 N–H and O–H groups in total. The number of amides is 1. The first-order valence-electron chi connectivity index (χ1n) is 6.92. The number of carbonyl (C=O) groups is 1. The number of rotatable bonds is 4. The van der Waals surface area contributed by atoms with Gasteiger partial charge in [-0.15, -0.1) is 11.3 Å². The Morgan fingerprint density at radius 3 is 2.81 bits per heavy atom. The second-order valence-electron chi connectivity index (χ2n) is 6.02. The van der Waals surface area contributed by atoms with Crippen LogP contribution >= 0.6 is 11.3 Å². The molecular formula is C16H21N3OS. The second kappa shape index (κ2) is 6.37. The molecule has 0 aliphatic carbocycles. The Bertz CT molecular complexity index is 628. The lowest BCUT2D eigenvalue weighted by molar-refractivity contribution is -0.121. The van der Waals surface area contributed by atoms with Gasteiger partial charge in [0.25, 0.3) is 0 Å². The zero-order chi connectivity index (χ0) is 15.5. The number of aromatic nitrogens is 1. The maximum absolute atomic E-state index is 11.9. The van der Waals surface area contributed by atoms with Gasteiger partial charge >= 0.3 is 0 Å². The molecule has 1 aromatic heterocycles. The maximum atomic E-state index is 11.9. The monoisotopic (exact) mass is 303 g/mol. The average molecular weight is 303 g/mol. The highest BCUT2D eigenvalue weighted by atomic mass is 32.1. The van der Waals surface area contributed by atoms with E-state index in [1.807, 2.05) is 50.4 Å². The first-order valence-corrected chi connectivity index (χ1v) is 7.80. The molecule has 0 radical (unpaired) electrons. The molecule has 2 aromatic rings. The summed E-state index contributed by atoms with van der Waals surface area (Å²) in [6.07, 6.45) is 0.310. The van der Waals surface area contributed by atoms with E-state index in [0.29, 0.717) is 13.0 Å². The fourth-order valence-corrected chi connectivity index (χ4v) is 2.80. The van der Waals surface area contributed by atoms with Gasteiger partial charge in [0, 0.05) is 23.0 Å². The third kappa shape index (κ3) is 4.65. The molecule has 0 aliphatic heterocycles. The Hall–Kier alpha value is -1.72. The predicted octanol–water partition coefficient (Wildman–Crippen LogP) is 2.73. The van der Waals surface area contributed by atoms with Gasteiger partial charge in [-0.05, 0) is 32.4 Å². The van der Waals surface area contributed by atoms with Crippen LogP contribution < -0.4 is 11.1 Å². The zero-order valence-electron chi connectivity index (χ0n) is 12.6. The maximum Gasteiger partial charge on any atom is 0.226 e. The van der Waals surface area contributed by atoms with Crippen LogP contribution in [0.2, 0.25) is 0 Å². The van der Waals surface area contributed by atoms with Crippen molar-refractivity contribution in [3.05, 3.63) is 40.9 Å². The van der Waals surface area contributed by atoms with E-state index in [0.717, 1.165) is 21.8 Å². The summed E-state index contributed by atoms with van der Waals surface area (Å²) in [6, 6.07) is 8.02. The Morgan fingerprint density at radius 1 is 1.38 bits per heavy atom. The lowest BCUT2D eigenvalue weighted by Gasteiger charge is -2.20. The zero-order valence-corrected chi connectivity index (χ0v) is 13.5. The number of nitrogens with two attached hydrogens (primary N) is 1. The normalized spacial score (nSPS) is 11.4. The quantitative estimate of drug-likeness (QED) is 0.912. The summed E-state index contributed by atoms with van der Waals surface area (Å²) < 4.78 is 0. The minimum absolute atomic E-state index is 0.00458. The van der Waals surface area contributed by atoms with Gasteiger partial charge in [0.15, 0.2) is 0 Å². The minimum Gasteiger partial charge on any atom is -0.351 e. The Balaban J connectivity index is 2.09. The molecule has 0 saturated carbocycles. The highest BCUT2D eigenvalue weighted by molar-refractivity contribution is 7.13. The summed E-state index contributed by atoms with van der Waals surface area (Å²) in [4.78, 5) is 16.5. The van der Waals surface area contributed by atoms with Gasteiger partial charge in [-0.25, -0.2) is 4.98 Å². The molecule has 0 fully saturated rings. The van der Waals surface area contributed by atoms with Crippen LogP contribution in [0.1, 0.15) is 32.0 Å². The third-order valence-corrected chi connectivity index (χ3v) is 3.76. The first-order chi connectivity index (χ1) is 9.87. The molecule has 5 heteroatoms. The predicted molar refractivity (Wildman–Crippen MR) is 87.0 cm³/mol. The van der Waals surface area contributed by atoms with Crippen molar-refractivity contribution in [3.63, 3.8) is 0 Å². The summed E-state index contributed by atoms with van der Waals surface area (Å²) >= 11 is 1.55. The van der Waals surface area contributed by atoms with Crippen molar-refractivity contribution in [1.29, 1.82) is 0 Å². The van der Waals surface area contributed by atoms with Gasteiger partial charge in [-0.1, -0.05) is 18.2 Å². The largest absolute Gasteiger partial charge is 0.351 e. The van der Waals surface area contributed by atoms with Gasteiger partial charge < -0.3 is 11.1 Å². The number of hydrogen-bond donors (Lipinski definition) is 2. The number of thiazole rings is 1. The van der Waals surface area contributed by atoms with E-state index in [2.05, 4.69) is 10.3 Å². The van der Waals surface area contributed by atoms with Gasteiger partial charge in [0.05, 0.1) is 12.1 Å². The molecular weight excluding hydrogens is 282 g/mol. The minimum atomic E-state index is -0.217. The molecule has 4 nitrogen and oxygen atoms in total. The standard InChI is InChI=1S/C16H21N3OS/c1-16(2,3)19-14(20)8-13-10-21-15(18-13)12-6-4-5-11(7-12)9-17/h4-7,10H,8-9,17H2,1-3H3,(H,19,20). The van der Waals surface area contributed by atoms with E-state index in [1.54, 1.807) is 11.3 Å². The number of carbonyl (C=O) groups excluding carboxylic acids is 1. The Morgan fingerprint density at radius 2 is 2.14 bits per heavy atom. The highest BCUT2D eigenvalue weighted by Crippen LogP contribution is 2.24. The Kier molecular flexibility index (Phi) is 4.75. The molecule has 2 rings (SSSR count). The van der Waals surface area contributed by atoms with E-state index in [4.69, 9.17) is 5.73 Å². The number of hydrogen-bond acceptors (Lipinski definition) is 4. The van der Waals surface area contributed by atoms with E-state index in [1.165, 1.54) is 0 Å². The van der Waals surface area contributed by atoms with E-state index < -0.39 is 0 Å². The number of nitrogens with zero attached hydrogens (tertiary/aromatic N) is 1. The molecule has 0 bridgehead atoms.